The molecule has 0 amide bonds. The average Bonchev–Trinajstić information content (AvgIpc) is 3.18. The van der Waals surface area contributed by atoms with Gasteiger partial charge >= 0.3 is 0 Å². The second-order valence-electron chi connectivity index (χ2n) is 6.41. The summed E-state index contributed by atoms with van der Waals surface area (Å²) in [4.78, 5) is 26.3. The predicted molar refractivity (Wildman–Crippen MR) is 101 cm³/mol. The molecule has 0 spiro atoms. The number of aromatic hydroxyl groups is 1. The van der Waals surface area contributed by atoms with Crippen LogP contribution >= 0.6 is 27.7 Å². The highest BCUT2D eigenvalue weighted by Gasteiger charge is 2.34. The SMILES string of the molecule is O=C1C(=NC2Cc3cc(Br)c(O)cc3S2)CC2=NCCc3c[nH]c1c32. The quantitative estimate of drug-likeness (QED) is 0.747. The van der Waals surface area contributed by atoms with E-state index < -0.39 is 0 Å². The minimum absolute atomic E-state index is 0.0114. The Bertz CT molecular complexity index is 961. The molecule has 7 heteroatoms. The molecule has 5 rings (SSSR count). The van der Waals surface area contributed by atoms with Gasteiger partial charge in [0, 0.05) is 36.0 Å². The monoisotopic (exact) mass is 415 g/mol. The van der Waals surface area contributed by atoms with Crippen LogP contribution in [0.5, 0.6) is 5.75 Å². The summed E-state index contributed by atoms with van der Waals surface area (Å²) >= 11 is 4.95. The molecule has 2 aliphatic heterocycles. The molecule has 126 valence electrons. The maximum atomic E-state index is 12.8. The zero-order chi connectivity index (χ0) is 17.1. The molecule has 5 nitrogen and oxygen atoms in total. The zero-order valence-electron chi connectivity index (χ0n) is 13.2. The molecule has 3 heterocycles. The number of nitrogens with zero attached hydrogens (tertiary/aromatic N) is 2. The number of H-pyrrole nitrogens is 1. The number of nitrogens with one attached hydrogen (secondary N) is 1. The van der Waals surface area contributed by atoms with Crippen molar-refractivity contribution in [3.05, 3.63) is 45.2 Å². The second kappa shape index (κ2) is 5.57. The van der Waals surface area contributed by atoms with Gasteiger partial charge in [-0.25, -0.2) is 0 Å². The first-order valence-corrected chi connectivity index (χ1v) is 9.81. The smallest absolute Gasteiger partial charge is 0.224 e. The van der Waals surface area contributed by atoms with Crippen molar-refractivity contribution >= 4 is 44.9 Å². The van der Waals surface area contributed by atoms with Crippen LogP contribution in [-0.4, -0.2) is 39.2 Å². The van der Waals surface area contributed by atoms with Crippen LogP contribution in [0.25, 0.3) is 0 Å². The van der Waals surface area contributed by atoms with E-state index >= 15 is 0 Å². The van der Waals surface area contributed by atoms with Gasteiger partial charge in [0.25, 0.3) is 0 Å². The lowest BCUT2D eigenvalue weighted by atomic mass is 9.88. The molecular weight excluding hydrogens is 402 g/mol. The molecule has 1 atom stereocenters. The number of halogens is 1. The fourth-order valence-corrected chi connectivity index (χ4v) is 5.27. The maximum absolute atomic E-state index is 12.8. The van der Waals surface area contributed by atoms with Crippen molar-refractivity contribution in [2.75, 3.05) is 6.54 Å². The van der Waals surface area contributed by atoms with E-state index in [2.05, 4.69) is 25.9 Å². The fourth-order valence-electron chi connectivity index (χ4n) is 3.67. The number of carbonyl (C=O) groups is 1. The first-order chi connectivity index (χ1) is 12.1. The number of hydrogen-bond acceptors (Lipinski definition) is 5. The minimum atomic E-state index is -0.0391. The third kappa shape index (κ3) is 2.40. The number of aromatic nitrogens is 1. The molecule has 1 aromatic heterocycles. The number of carbonyl (C=O) groups excluding carboxylic acids is 1. The van der Waals surface area contributed by atoms with E-state index in [1.165, 1.54) is 5.56 Å². The van der Waals surface area contributed by atoms with E-state index in [-0.39, 0.29) is 16.9 Å². The zero-order valence-corrected chi connectivity index (χ0v) is 15.6. The number of phenols is 1. The molecule has 2 N–H and O–H groups in total. The van der Waals surface area contributed by atoms with Gasteiger partial charge in [-0.3, -0.25) is 14.8 Å². The van der Waals surface area contributed by atoms with E-state index in [0.717, 1.165) is 41.1 Å². The number of hydrogen-bond donors (Lipinski definition) is 2. The van der Waals surface area contributed by atoms with E-state index in [1.54, 1.807) is 17.8 Å². The molecule has 0 saturated carbocycles. The molecule has 0 bridgehead atoms. The predicted octanol–water partition coefficient (Wildman–Crippen LogP) is 3.53. The summed E-state index contributed by atoms with van der Waals surface area (Å²) in [6, 6.07) is 3.69. The molecule has 0 radical (unpaired) electrons. The van der Waals surface area contributed by atoms with Crippen molar-refractivity contribution in [2.24, 2.45) is 9.98 Å². The van der Waals surface area contributed by atoms with Crippen molar-refractivity contribution in [3.8, 4) is 5.75 Å². The largest absolute Gasteiger partial charge is 0.507 e. The second-order valence-corrected chi connectivity index (χ2v) is 8.49. The van der Waals surface area contributed by atoms with Gasteiger partial charge in [0.05, 0.1) is 21.6 Å². The summed E-state index contributed by atoms with van der Waals surface area (Å²) < 4.78 is 0.689. The van der Waals surface area contributed by atoms with Crippen LogP contribution in [0.1, 0.15) is 33.6 Å². The van der Waals surface area contributed by atoms with E-state index in [0.29, 0.717) is 22.3 Å². The normalized spacial score (nSPS) is 22.8. The highest BCUT2D eigenvalue weighted by Crippen LogP contribution is 2.42. The average molecular weight is 416 g/mol. The molecule has 1 unspecified atom stereocenters. The fraction of sp³-hybridized carbons (Fsp3) is 0.278. The number of rotatable bonds is 1. The first kappa shape index (κ1) is 15.4. The lowest BCUT2D eigenvalue weighted by molar-refractivity contribution is 0.105. The number of aliphatic imine (C=N–C) groups is 2. The van der Waals surface area contributed by atoms with Gasteiger partial charge in [0.1, 0.15) is 11.1 Å². The molecule has 1 aliphatic carbocycles. The van der Waals surface area contributed by atoms with E-state index in [1.807, 2.05) is 12.3 Å². The Morgan fingerprint density at radius 1 is 1.36 bits per heavy atom. The third-order valence-corrected chi connectivity index (χ3v) is 6.66. The lowest BCUT2D eigenvalue weighted by Gasteiger charge is -2.20. The number of thioether (sulfide) groups is 1. The first-order valence-electron chi connectivity index (χ1n) is 8.13. The number of aromatic amines is 1. The van der Waals surface area contributed by atoms with Gasteiger partial charge in [0.2, 0.25) is 5.78 Å². The molecular formula is C18H14BrN3O2S. The molecule has 0 fully saturated rings. The Balaban J connectivity index is 1.48. The van der Waals surface area contributed by atoms with Crippen LogP contribution in [0.4, 0.5) is 0 Å². The van der Waals surface area contributed by atoms with Crippen molar-refractivity contribution in [1.29, 1.82) is 0 Å². The van der Waals surface area contributed by atoms with Gasteiger partial charge in [-0.05, 0) is 45.6 Å². The summed E-state index contributed by atoms with van der Waals surface area (Å²) in [5.41, 5.74) is 5.54. The molecule has 25 heavy (non-hydrogen) atoms. The van der Waals surface area contributed by atoms with Gasteiger partial charge in [-0.2, -0.15) is 0 Å². The highest BCUT2D eigenvalue weighted by atomic mass is 79.9. The Morgan fingerprint density at radius 3 is 3.12 bits per heavy atom. The molecule has 2 aromatic rings. The van der Waals surface area contributed by atoms with Crippen molar-refractivity contribution in [3.63, 3.8) is 0 Å². The lowest BCUT2D eigenvalue weighted by Crippen LogP contribution is -2.30. The van der Waals surface area contributed by atoms with Gasteiger partial charge in [-0.1, -0.05) is 11.8 Å². The number of Topliss-reactive ketones (excluding diaryl/α,β-unsaturated/α-hetero) is 1. The topological polar surface area (TPSA) is 77.8 Å². The van der Waals surface area contributed by atoms with Gasteiger partial charge in [0.15, 0.2) is 0 Å². The van der Waals surface area contributed by atoms with Crippen LogP contribution in [0.2, 0.25) is 0 Å². The summed E-state index contributed by atoms with van der Waals surface area (Å²) in [6.07, 6.45) is 4.09. The summed E-state index contributed by atoms with van der Waals surface area (Å²) in [5, 5.41) is 9.81. The third-order valence-electron chi connectivity index (χ3n) is 4.85. The summed E-state index contributed by atoms with van der Waals surface area (Å²) in [5.74, 6) is 0.219. The summed E-state index contributed by atoms with van der Waals surface area (Å²) in [6.45, 7) is 0.776. The van der Waals surface area contributed by atoms with Crippen molar-refractivity contribution < 1.29 is 9.90 Å². The number of fused-ring (bicyclic) bond motifs is 1. The van der Waals surface area contributed by atoms with Crippen LogP contribution in [0.15, 0.2) is 37.7 Å². The van der Waals surface area contributed by atoms with Crippen LogP contribution in [-0.2, 0) is 12.8 Å². The van der Waals surface area contributed by atoms with Crippen molar-refractivity contribution in [2.45, 2.75) is 29.5 Å². The van der Waals surface area contributed by atoms with E-state index in [4.69, 9.17) is 4.99 Å². The molecule has 3 aliphatic rings. The standard InChI is InChI=1S/C18H14BrN3O2S/c19-10-3-9-4-15(25-14(9)6-13(10)23)22-12-5-11-16-8(1-2-20-11)7-21-17(16)18(12)24/h3,6-7,15,21,23H,1-2,4-5H2. The number of ketones is 1. The molecule has 1 aromatic carbocycles. The number of benzene rings is 1. The van der Waals surface area contributed by atoms with Crippen molar-refractivity contribution in [1.82, 2.24) is 4.98 Å². The van der Waals surface area contributed by atoms with Gasteiger partial charge < -0.3 is 10.1 Å². The van der Waals surface area contributed by atoms with Gasteiger partial charge in [-0.15, -0.1) is 0 Å². The Morgan fingerprint density at radius 2 is 2.24 bits per heavy atom. The van der Waals surface area contributed by atoms with Crippen LogP contribution < -0.4 is 0 Å². The minimum Gasteiger partial charge on any atom is -0.507 e. The Labute approximate surface area is 156 Å². The summed E-state index contributed by atoms with van der Waals surface area (Å²) in [7, 11) is 0. The maximum Gasteiger partial charge on any atom is 0.224 e. The van der Waals surface area contributed by atoms with Crippen LogP contribution in [0, 0.1) is 0 Å². The number of phenolic OH excluding ortho intramolecular Hbond substituents is 1. The van der Waals surface area contributed by atoms with Crippen LogP contribution in [0.3, 0.4) is 0 Å². The molecule has 0 saturated heterocycles. The van der Waals surface area contributed by atoms with E-state index in [9.17, 15) is 9.90 Å². The Kier molecular flexibility index (Phi) is 3.43. The Hall–Kier alpha value is -1.86. The highest BCUT2D eigenvalue weighted by molar-refractivity contribution is 9.10.